The number of aromatic amines is 1. The Balaban J connectivity index is 0.000000604. The van der Waals surface area contributed by atoms with Gasteiger partial charge in [-0.25, -0.2) is 9.59 Å². The molecule has 2 amide bonds. The maximum absolute atomic E-state index is 12.9. The molecule has 1 saturated heterocycles. The zero-order valence-electron chi connectivity index (χ0n) is 19.7. The van der Waals surface area contributed by atoms with Crippen LogP contribution in [0.15, 0.2) is 30.3 Å². The molecule has 0 bridgehead atoms. The van der Waals surface area contributed by atoms with Crippen molar-refractivity contribution in [2.24, 2.45) is 5.73 Å². The summed E-state index contributed by atoms with van der Waals surface area (Å²) in [6.07, 6.45) is -3.79. The van der Waals surface area contributed by atoms with Crippen molar-refractivity contribution >= 4 is 35.4 Å². The SMILES string of the molecule is CCOC(=O)c1ccc(C(=O)N2CCC[C@H]2C(=O)NCc2cc(Cl)ccc2CN)[nH]1.O=C(O)C(F)(F)F. The number of rotatable bonds is 7. The minimum Gasteiger partial charge on any atom is -0.475 e. The van der Waals surface area contributed by atoms with E-state index in [0.717, 1.165) is 17.5 Å². The summed E-state index contributed by atoms with van der Waals surface area (Å²) in [5.41, 5.74) is 7.95. The zero-order valence-corrected chi connectivity index (χ0v) is 20.5. The maximum Gasteiger partial charge on any atom is 0.490 e. The van der Waals surface area contributed by atoms with Crippen LogP contribution in [0.5, 0.6) is 0 Å². The molecule has 1 aromatic carbocycles. The summed E-state index contributed by atoms with van der Waals surface area (Å²) in [5.74, 6) is -3.84. The molecule has 5 N–H and O–H groups in total. The molecule has 0 unspecified atom stereocenters. The van der Waals surface area contributed by atoms with Gasteiger partial charge in [0.15, 0.2) is 0 Å². The van der Waals surface area contributed by atoms with Gasteiger partial charge in [-0.3, -0.25) is 9.59 Å². The molecule has 0 spiro atoms. The summed E-state index contributed by atoms with van der Waals surface area (Å²) in [6, 6.07) is 7.82. The number of carbonyl (C=O) groups excluding carboxylic acids is 3. The molecule has 1 aliphatic heterocycles. The smallest absolute Gasteiger partial charge is 0.475 e. The highest BCUT2D eigenvalue weighted by Gasteiger charge is 2.38. The first-order valence-corrected chi connectivity index (χ1v) is 11.5. The van der Waals surface area contributed by atoms with Crippen LogP contribution in [0.4, 0.5) is 13.2 Å². The zero-order chi connectivity index (χ0) is 27.8. The summed E-state index contributed by atoms with van der Waals surface area (Å²) in [4.78, 5) is 50.7. The fourth-order valence-corrected chi connectivity index (χ4v) is 3.74. The molecule has 202 valence electrons. The number of carboxylic acids is 1. The molecular formula is C23H26ClF3N4O6. The maximum atomic E-state index is 12.9. The second kappa shape index (κ2) is 13.1. The van der Waals surface area contributed by atoms with Crippen LogP contribution in [0, 0.1) is 0 Å². The molecule has 3 rings (SSSR count). The number of H-pyrrole nitrogens is 1. The van der Waals surface area contributed by atoms with E-state index in [1.807, 2.05) is 6.07 Å². The normalized spacial score (nSPS) is 15.0. The lowest BCUT2D eigenvalue weighted by molar-refractivity contribution is -0.192. The molecule has 1 aromatic heterocycles. The molecule has 0 radical (unpaired) electrons. The lowest BCUT2D eigenvalue weighted by atomic mass is 10.1. The van der Waals surface area contributed by atoms with E-state index in [4.69, 9.17) is 32.0 Å². The van der Waals surface area contributed by atoms with Crippen molar-refractivity contribution in [2.45, 2.75) is 45.1 Å². The van der Waals surface area contributed by atoms with E-state index in [1.54, 1.807) is 19.1 Å². The first kappa shape index (κ1) is 29.6. The summed E-state index contributed by atoms with van der Waals surface area (Å²) in [5, 5.41) is 10.6. The Morgan fingerprint density at radius 2 is 1.84 bits per heavy atom. The monoisotopic (exact) mass is 546 g/mol. The Morgan fingerprint density at radius 3 is 2.43 bits per heavy atom. The van der Waals surface area contributed by atoms with Gasteiger partial charge >= 0.3 is 18.1 Å². The van der Waals surface area contributed by atoms with Gasteiger partial charge in [-0.2, -0.15) is 13.2 Å². The molecule has 37 heavy (non-hydrogen) atoms. The molecule has 1 fully saturated rings. The van der Waals surface area contributed by atoms with E-state index in [1.165, 1.54) is 17.0 Å². The Morgan fingerprint density at radius 1 is 1.19 bits per heavy atom. The number of halogens is 4. The molecule has 0 aliphatic carbocycles. The van der Waals surface area contributed by atoms with Gasteiger partial charge in [0, 0.05) is 24.7 Å². The van der Waals surface area contributed by atoms with Crippen molar-refractivity contribution in [3.8, 4) is 0 Å². The molecule has 10 nitrogen and oxygen atoms in total. The highest BCUT2D eigenvalue weighted by Crippen LogP contribution is 2.21. The number of hydrogen-bond acceptors (Lipinski definition) is 6. The lowest BCUT2D eigenvalue weighted by Gasteiger charge is -2.23. The van der Waals surface area contributed by atoms with Crippen molar-refractivity contribution in [2.75, 3.05) is 13.2 Å². The minimum absolute atomic E-state index is 0.204. The van der Waals surface area contributed by atoms with Crippen LogP contribution in [0.25, 0.3) is 0 Å². The third kappa shape index (κ3) is 8.22. The van der Waals surface area contributed by atoms with Crippen molar-refractivity contribution < 1.29 is 42.2 Å². The Labute approximate surface area is 214 Å². The second-order valence-electron chi connectivity index (χ2n) is 7.80. The number of esters is 1. The highest BCUT2D eigenvalue weighted by atomic mass is 35.5. The highest BCUT2D eigenvalue weighted by molar-refractivity contribution is 6.30. The lowest BCUT2D eigenvalue weighted by Crippen LogP contribution is -2.45. The van der Waals surface area contributed by atoms with E-state index in [-0.39, 0.29) is 36.4 Å². The number of nitrogens with one attached hydrogen (secondary N) is 2. The van der Waals surface area contributed by atoms with Crippen molar-refractivity contribution in [1.82, 2.24) is 15.2 Å². The number of ether oxygens (including phenoxy) is 1. The molecule has 2 heterocycles. The Bertz CT molecular complexity index is 1140. The molecular weight excluding hydrogens is 521 g/mol. The van der Waals surface area contributed by atoms with Gasteiger partial charge < -0.3 is 30.8 Å². The van der Waals surface area contributed by atoms with Crippen molar-refractivity contribution in [1.29, 1.82) is 0 Å². The quantitative estimate of drug-likeness (QED) is 0.389. The molecule has 2 aromatic rings. The standard InChI is InChI=1S/C21H25ClN4O4.C2HF3O2/c1-2-30-21(29)17-8-7-16(25-17)20(28)26-9-3-4-18(26)19(27)24-12-14-10-15(22)6-5-13(14)11-23;3-2(4,5)1(6)7/h5-8,10,18,25H,2-4,9,11-12,23H2,1H3,(H,24,27);(H,6,7)/t18-;/m0./s1. The van der Waals surface area contributed by atoms with Gasteiger partial charge in [-0.15, -0.1) is 0 Å². The molecule has 1 aliphatic rings. The van der Waals surface area contributed by atoms with E-state index in [9.17, 15) is 27.6 Å². The fraction of sp³-hybridized carbons (Fsp3) is 0.391. The van der Waals surface area contributed by atoms with Crippen LogP contribution in [0.3, 0.4) is 0 Å². The van der Waals surface area contributed by atoms with Gasteiger partial charge in [0.1, 0.15) is 17.4 Å². The van der Waals surface area contributed by atoms with Crippen LogP contribution in [0.2, 0.25) is 5.02 Å². The number of alkyl halides is 3. The number of nitrogens with zero attached hydrogens (tertiary/aromatic N) is 1. The van der Waals surface area contributed by atoms with Crippen LogP contribution >= 0.6 is 11.6 Å². The van der Waals surface area contributed by atoms with Gasteiger partial charge in [-0.1, -0.05) is 17.7 Å². The number of amides is 2. The summed E-state index contributed by atoms with van der Waals surface area (Å²) in [6.45, 7) is 3.04. The number of hydrogen-bond donors (Lipinski definition) is 4. The topological polar surface area (TPSA) is 155 Å². The predicted molar refractivity (Wildman–Crippen MR) is 126 cm³/mol. The summed E-state index contributed by atoms with van der Waals surface area (Å²) >= 11 is 6.05. The van der Waals surface area contributed by atoms with E-state index in [0.29, 0.717) is 24.5 Å². The number of likely N-dealkylation sites (tertiary alicyclic amines) is 1. The molecule has 1 atom stereocenters. The predicted octanol–water partition coefficient (Wildman–Crippen LogP) is 2.86. The number of aliphatic carboxylic acids is 1. The van der Waals surface area contributed by atoms with Crippen LogP contribution in [-0.4, -0.2) is 64.1 Å². The van der Waals surface area contributed by atoms with Crippen LogP contribution in [0.1, 0.15) is 51.9 Å². The van der Waals surface area contributed by atoms with E-state index >= 15 is 0 Å². The van der Waals surface area contributed by atoms with Gasteiger partial charge in [0.25, 0.3) is 5.91 Å². The average molecular weight is 547 g/mol. The van der Waals surface area contributed by atoms with Gasteiger partial charge in [-0.05, 0) is 55.2 Å². The number of carbonyl (C=O) groups is 4. The van der Waals surface area contributed by atoms with Crippen LogP contribution < -0.4 is 11.1 Å². The third-order valence-electron chi connectivity index (χ3n) is 5.31. The first-order chi connectivity index (χ1) is 17.4. The minimum atomic E-state index is -5.08. The van der Waals surface area contributed by atoms with E-state index < -0.39 is 24.2 Å². The fourth-order valence-electron chi connectivity index (χ4n) is 3.54. The first-order valence-electron chi connectivity index (χ1n) is 11.1. The van der Waals surface area contributed by atoms with E-state index in [2.05, 4.69) is 10.3 Å². The molecule has 0 saturated carbocycles. The van der Waals surface area contributed by atoms with Crippen LogP contribution in [-0.2, 0) is 27.4 Å². The summed E-state index contributed by atoms with van der Waals surface area (Å²) < 4.78 is 36.7. The number of benzene rings is 1. The number of aromatic nitrogens is 1. The Kier molecular flexibility index (Phi) is 10.5. The van der Waals surface area contributed by atoms with Gasteiger partial charge in [0.2, 0.25) is 5.91 Å². The Hall–Kier alpha value is -3.58. The van der Waals surface area contributed by atoms with Gasteiger partial charge in [0.05, 0.1) is 6.61 Å². The summed E-state index contributed by atoms with van der Waals surface area (Å²) in [7, 11) is 0. The number of carboxylic acid groups (broad SMARTS) is 1. The van der Waals surface area contributed by atoms with Crippen molar-refractivity contribution in [3.63, 3.8) is 0 Å². The van der Waals surface area contributed by atoms with Crippen molar-refractivity contribution in [3.05, 3.63) is 57.9 Å². The number of nitrogens with two attached hydrogens (primary N) is 1. The largest absolute Gasteiger partial charge is 0.490 e. The molecule has 14 heteroatoms. The average Bonchev–Trinajstić information content (AvgIpc) is 3.52. The third-order valence-corrected chi connectivity index (χ3v) is 5.55. The second-order valence-corrected chi connectivity index (χ2v) is 8.24.